The average molecular weight is 459 g/mol. The number of hydrogen-bond donors (Lipinski definition) is 0. The van der Waals surface area contributed by atoms with Gasteiger partial charge in [-0.15, -0.1) is 0 Å². The molecule has 6 aromatic rings. The van der Waals surface area contributed by atoms with Crippen LogP contribution in [0.2, 0.25) is 0 Å². The highest BCUT2D eigenvalue weighted by Gasteiger charge is 2.14. The van der Waals surface area contributed by atoms with Crippen molar-refractivity contribution in [1.29, 1.82) is 0 Å². The standard InChI is InChI=1S/C29H26N6/c1-3-14-26-24(12-1)32-28(34(26)20-22-10-5-7-18-30-22)16-9-17-29-33-25-13-2-4-15-27(25)35(29)21-23-11-6-8-19-31-23/h1-8,10-15,18-19H,9,16-17,20-21H2. The molecule has 0 fully saturated rings. The fraction of sp³-hybridized carbons (Fsp3) is 0.172. The topological polar surface area (TPSA) is 61.4 Å². The number of imidazole rings is 2. The summed E-state index contributed by atoms with van der Waals surface area (Å²) in [6.07, 6.45) is 6.39. The van der Waals surface area contributed by atoms with Crippen LogP contribution in [0.3, 0.4) is 0 Å². The molecule has 0 amide bonds. The number of aromatic nitrogens is 6. The Kier molecular flexibility index (Phi) is 5.77. The first kappa shape index (κ1) is 21.2. The van der Waals surface area contributed by atoms with Crippen molar-refractivity contribution in [2.75, 3.05) is 0 Å². The van der Waals surface area contributed by atoms with Crippen LogP contribution < -0.4 is 0 Å². The summed E-state index contributed by atoms with van der Waals surface area (Å²) in [6.45, 7) is 1.43. The van der Waals surface area contributed by atoms with E-state index < -0.39 is 0 Å². The van der Waals surface area contributed by atoms with Gasteiger partial charge in [0.1, 0.15) is 11.6 Å². The second-order valence-electron chi connectivity index (χ2n) is 8.70. The van der Waals surface area contributed by atoms with Gasteiger partial charge in [0.2, 0.25) is 0 Å². The van der Waals surface area contributed by atoms with Crippen molar-refractivity contribution in [3.8, 4) is 0 Å². The molecule has 2 aromatic carbocycles. The van der Waals surface area contributed by atoms with Gasteiger partial charge in [-0.25, -0.2) is 9.97 Å². The van der Waals surface area contributed by atoms with E-state index in [0.29, 0.717) is 0 Å². The van der Waals surface area contributed by atoms with Crippen LogP contribution >= 0.6 is 0 Å². The summed E-state index contributed by atoms with van der Waals surface area (Å²) < 4.78 is 4.60. The number of benzene rings is 2. The van der Waals surface area contributed by atoms with Crippen molar-refractivity contribution in [2.45, 2.75) is 32.4 Å². The van der Waals surface area contributed by atoms with Gasteiger partial charge in [0.25, 0.3) is 0 Å². The molecule has 0 aliphatic carbocycles. The van der Waals surface area contributed by atoms with Crippen LogP contribution in [-0.2, 0) is 25.9 Å². The van der Waals surface area contributed by atoms with Crippen LogP contribution in [-0.4, -0.2) is 29.1 Å². The van der Waals surface area contributed by atoms with Crippen molar-refractivity contribution in [3.05, 3.63) is 120 Å². The number of fused-ring (bicyclic) bond motifs is 2. The molecule has 6 heteroatoms. The minimum absolute atomic E-state index is 0.717. The zero-order valence-corrected chi connectivity index (χ0v) is 19.5. The van der Waals surface area contributed by atoms with Crippen molar-refractivity contribution in [2.24, 2.45) is 0 Å². The molecular weight excluding hydrogens is 432 g/mol. The minimum atomic E-state index is 0.717. The van der Waals surface area contributed by atoms with Crippen molar-refractivity contribution in [3.63, 3.8) is 0 Å². The van der Waals surface area contributed by atoms with E-state index in [0.717, 1.165) is 77.5 Å². The number of rotatable bonds is 8. The first-order valence-electron chi connectivity index (χ1n) is 12.0. The van der Waals surface area contributed by atoms with Crippen LogP contribution in [0.15, 0.2) is 97.3 Å². The van der Waals surface area contributed by atoms with Crippen molar-refractivity contribution >= 4 is 22.1 Å². The third-order valence-electron chi connectivity index (χ3n) is 6.36. The zero-order valence-electron chi connectivity index (χ0n) is 19.5. The van der Waals surface area contributed by atoms with E-state index in [9.17, 15) is 0 Å². The third-order valence-corrected chi connectivity index (χ3v) is 6.36. The molecule has 4 aromatic heterocycles. The molecule has 6 nitrogen and oxygen atoms in total. The summed E-state index contributed by atoms with van der Waals surface area (Å²) in [5.74, 6) is 2.17. The molecule has 0 saturated carbocycles. The van der Waals surface area contributed by atoms with Crippen LogP contribution in [0.1, 0.15) is 29.5 Å². The van der Waals surface area contributed by atoms with E-state index >= 15 is 0 Å². The van der Waals surface area contributed by atoms with E-state index in [-0.39, 0.29) is 0 Å². The van der Waals surface area contributed by atoms with Crippen molar-refractivity contribution in [1.82, 2.24) is 29.1 Å². The van der Waals surface area contributed by atoms with E-state index in [4.69, 9.17) is 9.97 Å². The predicted molar refractivity (Wildman–Crippen MR) is 138 cm³/mol. The molecule has 0 saturated heterocycles. The normalized spacial score (nSPS) is 11.4. The summed E-state index contributed by atoms with van der Waals surface area (Å²) in [4.78, 5) is 19.0. The van der Waals surface area contributed by atoms with Gasteiger partial charge >= 0.3 is 0 Å². The van der Waals surface area contributed by atoms with Gasteiger partial charge in [-0.3, -0.25) is 9.97 Å². The second-order valence-corrected chi connectivity index (χ2v) is 8.70. The fourth-order valence-electron chi connectivity index (χ4n) is 4.70. The fourth-order valence-corrected chi connectivity index (χ4v) is 4.70. The maximum atomic E-state index is 4.97. The second kappa shape index (κ2) is 9.50. The largest absolute Gasteiger partial charge is 0.322 e. The Morgan fingerprint density at radius 1 is 0.514 bits per heavy atom. The summed E-state index contributed by atoms with van der Waals surface area (Å²) >= 11 is 0. The predicted octanol–water partition coefficient (Wildman–Crippen LogP) is 5.45. The molecule has 4 heterocycles. The Bertz CT molecular complexity index is 1450. The lowest BCUT2D eigenvalue weighted by molar-refractivity contribution is 0.654. The van der Waals surface area contributed by atoms with Crippen LogP contribution in [0.25, 0.3) is 22.1 Å². The van der Waals surface area contributed by atoms with E-state index in [1.807, 2.05) is 48.8 Å². The SMILES string of the molecule is c1ccc(Cn2c(CCCc3nc4ccccc4n3Cc3ccccn3)nc3ccccc32)nc1. The number of para-hydroxylation sites is 4. The Balaban J connectivity index is 1.27. The van der Waals surface area contributed by atoms with E-state index in [2.05, 4.69) is 67.6 Å². The quantitative estimate of drug-likeness (QED) is 0.304. The van der Waals surface area contributed by atoms with E-state index in [1.54, 1.807) is 0 Å². The van der Waals surface area contributed by atoms with Crippen LogP contribution in [0.5, 0.6) is 0 Å². The molecule has 0 atom stereocenters. The number of nitrogens with zero attached hydrogens (tertiary/aromatic N) is 6. The van der Waals surface area contributed by atoms with Gasteiger partial charge in [-0.2, -0.15) is 0 Å². The molecule has 0 N–H and O–H groups in total. The molecule has 35 heavy (non-hydrogen) atoms. The molecule has 0 aliphatic heterocycles. The smallest absolute Gasteiger partial charge is 0.110 e. The maximum absolute atomic E-state index is 4.97. The Morgan fingerprint density at radius 2 is 0.971 bits per heavy atom. The Labute approximate surface area is 204 Å². The lowest BCUT2D eigenvalue weighted by Gasteiger charge is -2.10. The molecule has 0 spiro atoms. The molecule has 0 radical (unpaired) electrons. The highest BCUT2D eigenvalue weighted by atomic mass is 15.1. The van der Waals surface area contributed by atoms with Gasteiger partial charge in [-0.1, -0.05) is 36.4 Å². The summed E-state index contributed by atoms with van der Waals surface area (Å²) in [5.41, 5.74) is 6.43. The van der Waals surface area contributed by atoms with Gasteiger partial charge < -0.3 is 9.13 Å². The lowest BCUT2D eigenvalue weighted by atomic mass is 10.2. The molecule has 0 unspecified atom stereocenters. The van der Waals surface area contributed by atoms with Gasteiger partial charge in [0.05, 0.1) is 46.5 Å². The van der Waals surface area contributed by atoms with Gasteiger partial charge in [-0.05, 0) is 55.0 Å². The first-order valence-corrected chi connectivity index (χ1v) is 12.0. The Hall–Kier alpha value is -4.32. The van der Waals surface area contributed by atoms with Gasteiger partial charge in [0, 0.05) is 25.2 Å². The maximum Gasteiger partial charge on any atom is 0.110 e. The summed E-state index contributed by atoms with van der Waals surface area (Å²) in [5, 5.41) is 0. The molecule has 6 rings (SSSR count). The van der Waals surface area contributed by atoms with Gasteiger partial charge in [0.15, 0.2) is 0 Å². The average Bonchev–Trinajstić information content (AvgIpc) is 3.43. The van der Waals surface area contributed by atoms with Crippen molar-refractivity contribution < 1.29 is 0 Å². The van der Waals surface area contributed by atoms with Crippen LogP contribution in [0, 0.1) is 0 Å². The highest BCUT2D eigenvalue weighted by molar-refractivity contribution is 5.76. The third kappa shape index (κ3) is 4.43. The summed E-state index contributed by atoms with van der Waals surface area (Å²) in [7, 11) is 0. The number of pyridine rings is 2. The van der Waals surface area contributed by atoms with E-state index in [1.165, 1.54) is 0 Å². The molecule has 0 aliphatic rings. The monoisotopic (exact) mass is 458 g/mol. The minimum Gasteiger partial charge on any atom is -0.322 e. The summed E-state index contributed by atoms with van der Waals surface area (Å²) in [6, 6.07) is 28.8. The number of hydrogen-bond acceptors (Lipinski definition) is 4. The number of aryl methyl sites for hydroxylation is 2. The molecular formula is C29H26N6. The molecule has 172 valence electrons. The highest BCUT2D eigenvalue weighted by Crippen LogP contribution is 2.21. The zero-order chi connectivity index (χ0) is 23.5. The Morgan fingerprint density at radius 3 is 1.43 bits per heavy atom. The first-order chi connectivity index (χ1) is 17.3. The van der Waals surface area contributed by atoms with Crippen LogP contribution in [0.4, 0.5) is 0 Å². The molecule has 0 bridgehead atoms. The lowest BCUT2D eigenvalue weighted by Crippen LogP contribution is -2.09.